The molecule has 0 aromatic heterocycles. The average Bonchev–Trinajstić information content (AvgIpc) is 0.683. The second-order valence-corrected chi connectivity index (χ2v) is 53.2. The number of unbranched alkanes of at least 4 members (excludes halogenated alkanes) is 20. The Morgan fingerprint density at radius 2 is 0.409 bits per heavy atom. The van der Waals surface area contributed by atoms with E-state index < -0.39 is 0 Å². The van der Waals surface area contributed by atoms with Gasteiger partial charge in [-0.25, -0.2) is 0 Å². The zero-order chi connectivity index (χ0) is 91.1. The highest BCUT2D eigenvalue weighted by atomic mass is 16.1. The molecule has 758 valence electrons. The maximum atomic E-state index is 15.5. The van der Waals surface area contributed by atoms with Crippen LogP contribution in [0.4, 0.5) is 0 Å². The van der Waals surface area contributed by atoms with Gasteiger partial charge in [0, 0.05) is 96.2 Å². The summed E-state index contributed by atoms with van der Waals surface area (Å²) in [7, 11) is 0. The van der Waals surface area contributed by atoms with Gasteiger partial charge >= 0.3 is 0 Å². The van der Waals surface area contributed by atoms with E-state index in [2.05, 4.69) is 75.0 Å². The number of hydrogen-bond acceptors (Lipinski definition) is 6. The SMILES string of the molecule is CCCCCCCCC1CCC(N(C2CCC(C)CC2)C2CC(N(C3CCC(C)CC3)C3CCC(CCCCCCCC)CC3)C3C(C4CCC(C(=O)C5CCCCC5)CC4)CC4C5C3C2CC(C2CCC(C(=O)C3CCCCC3)CC2)C5C(N(C2CCC(C)CC2)C2CCC(CCCCCCCC)CC2)CC4N(C2CCC(C)CC2)C2CCC(CCCCCCCC)CC2)CC1. The molecule has 16 fully saturated rings. The van der Waals surface area contributed by atoms with E-state index in [1.807, 2.05) is 0 Å². The Morgan fingerprint density at radius 1 is 0.197 bits per heavy atom. The lowest BCUT2D eigenvalue weighted by Gasteiger charge is -2.73. The quantitative estimate of drug-likeness (QED) is 0.0566. The van der Waals surface area contributed by atoms with Gasteiger partial charge in [0.05, 0.1) is 0 Å². The van der Waals surface area contributed by atoms with Crippen molar-refractivity contribution in [1.82, 2.24) is 19.6 Å². The molecule has 0 aromatic carbocycles. The molecule has 12 atom stereocenters. The summed E-state index contributed by atoms with van der Waals surface area (Å²) in [6.45, 7) is 20.4. The molecule has 0 radical (unpaired) electrons. The van der Waals surface area contributed by atoms with Crippen molar-refractivity contribution in [3.8, 4) is 0 Å². The summed E-state index contributed by atoms with van der Waals surface area (Å²) in [5.74, 6) is 17.7. The van der Waals surface area contributed by atoms with Crippen molar-refractivity contribution < 1.29 is 9.59 Å². The van der Waals surface area contributed by atoms with Gasteiger partial charge in [-0.1, -0.05) is 274 Å². The van der Waals surface area contributed by atoms with Crippen LogP contribution in [0.3, 0.4) is 0 Å². The number of ketones is 2. The summed E-state index contributed by atoms with van der Waals surface area (Å²) >= 11 is 0. The number of carbonyl (C=O) groups excluding carboxylic acids is 2. The number of hydrogen-bond donors (Lipinski definition) is 0. The molecule has 0 heterocycles. The summed E-state index contributed by atoms with van der Waals surface area (Å²) in [6.07, 6.45) is 117. The van der Waals surface area contributed by atoms with Crippen molar-refractivity contribution in [2.75, 3.05) is 0 Å². The average molecular weight is 1830 g/mol. The van der Waals surface area contributed by atoms with E-state index in [1.54, 1.807) is 12.8 Å². The lowest BCUT2D eigenvalue weighted by atomic mass is 9.38. The van der Waals surface area contributed by atoms with Gasteiger partial charge in [-0.3, -0.25) is 29.2 Å². The topological polar surface area (TPSA) is 47.1 Å². The maximum Gasteiger partial charge on any atom is 0.139 e. The largest absolute Gasteiger partial charge is 0.299 e. The van der Waals surface area contributed by atoms with E-state index >= 15 is 9.59 Å². The fourth-order valence-corrected chi connectivity index (χ4v) is 37.3. The van der Waals surface area contributed by atoms with Gasteiger partial charge < -0.3 is 0 Å². The molecule has 132 heavy (non-hydrogen) atoms. The molecule has 16 rings (SSSR count). The minimum absolute atomic E-state index is 0.315. The van der Waals surface area contributed by atoms with Crippen LogP contribution in [0.25, 0.3) is 0 Å². The molecule has 6 nitrogen and oxygen atoms in total. The second kappa shape index (κ2) is 53.7. The summed E-state index contributed by atoms with van der Waals surface area (Å²) in [5.41, 5.74) is 0. The highest BCUT2D eigenvalue weighted by Crippen LogP contribution is 2.70. The normalized spacial score (nSPS) is 40.7. The monoisotopic (exact) mass is 1820 g/mol. The van der Waals surface area contributed by atoms with Gasteiger partial charge in [0.1, 0.15) is 11.6 Å². The van der Waals surface area contributed by atoms with Crippen molar-refractivity contribution in [3.63, 3.8) is 0 Å². The molecule has 6 heteroatoms. The van der Waals surface area contributed by atoms with Crippen LogP contribution in [0.2, 0.25) is 0 Å². The minimum Gasteiger partial charge on any atom is -0.299 e. The molecule has 12 unspecified atom stereocenters. The van der Waals surface area contributed by atoms with Crippen molar-refractivity contribution in [3.05, 3.63) is 0 Å². The van der Waals surface area contributed by atoms with E-state index in [4.69, 9.17) is 0 Å². The molecule has 0 aromatic rings. The van der Waals surface area contributed by atoms with Crippen LogP contribution in [0.15, 0.2) is 0 Å². The Kier molecular flexibility index (Phi) is 42.3. The van der Waals surface area contributed by atoms with E-state index in [1.165, 1.54) is 514 Å². The van der Waals surface area contributed by atoms with Crippen molar-refractivity contribution in [1.29, 1.82) is 0 Å². The zero-order valence-electron chi connectivity index (χ0n) is 89.2. The smallest absolute Gasteiger partial charge is 0.139 e. The molecule has 16 saturated carbocycles. The molecule has 0 aliphatic heterocycles. The Balaban J connectivity index is 0.878. The van der Waals surface area contributed by atoms with Gasteiger partial charge in [-0.15, -0.1) is 0 Å². The standard InChI is InChI=1S/C126H222N4O2/c1-9-13-17-21-25-31-39-95-55-79-109(80-56-95)127(105-71-47-91(5)48-72-105)117-89-119(129(107-75-51-93(7)52-76-107)111-83-59-97(60-84-111)41-33-27-23-19-15-11-3)121-114(100-65-69-104(70-66-100)126(132)102-45-37-30-38-46-102)88-116-118(128(106-73-49-92(6)50-74-106)110-81-57-96(58-82-110)40-32-26-22-18-14-10-2)90-120(130(108-77-53-94(8)54-78-108)112-85-61-98(62-86-112)42-34-28-24-20-16-12-4)122-113(87-115(117)123(121)124(116)122)99-63-67-103(68-64-99)125(131)101-43-35-29-36-44-101/h91-124H,9-90H2,1-8H3. The fourth-order valence-electron chi connectivity index (χ4n) is 37.3. The van der Waals surface area contributed by atoms with Crippen LogP contribution in [0.1, 0.15) is 582 Å². The lowest BCUT2D eigenvalue weighted by molar-refractivity contribution is -0.235. The summed E-state index contributed by atoms with van der Waals surface area (Å²) in [5, 5.41) is 0. The molecule has 16 aliphatic rings. The highest BCUT2D eigenvalue weighted by molar-refractivity contribution is 5.84. The molecule has 0 N–H and O–H groups in total. The van der Waals surface area contributed by atoms with E-state index in [-0.39, 0.29) is 0 Å². The lowest BCUT2D eigenvalue weighted by Crippen LogP contribution is -2.75. The van der Waals surface area contributed by atoms with Crippen LogP contribution in [0, 0.1) is 130 Å². The third-order valence-electron chi connectivity index (χ3n) is 44.8. The van der Waals surface area contributed by atoms with Crippen molar-refractivity contribution in [2.24, 2.45) is 130 Å². The predicted molar refractivity (Wildman–Crippen MR) is 564 cm³/mol. The third kappa shape index (κ3) is 27.2. The summed E-state index contributed by atoms with van der Waals surface area (Å²) in [6, 6.07) is 8.59. The first-order chi connectivity index (χ1) is 64.8. The van der Waals surface area contributed by atoms with Crippen molar-refractivity contribution in [2.45, 2.75) is 654 Å². The van der Waals surface area contributed by atoms with Crippen LogP contribution in [-0.2, 0) is 9.59 Å². The van der Waals surface area contributed by atoms with Gasteiger partial charge in [0.15, 0.2) is 0 Å². The van der Waals surface area contributed by atoms with E-state index in [0.29, 0.717) is 47.8 Å². The van der Waals surface area contributed by atoms with Crippen LogP contribution < -0.4 is 0 Å². The van der Waals surface area contributed by atoms with Crippen LogP contribution >= 0.6 is 0 Å². The Bertz CT molecular complexity index is 2940. The van der Waals surface area contributed by atoms with Crippen molar-refractivity contribution >= 4 is 11.6 Å². The maximum absolute atomic E-state index is 15.5. The first kappa shape index (κ1) is 104. The molecular weight excluding hydrogens is 1600 g/mol. The Hall–Kier alpha value is -0.820. The number of nitrogens with zero attached hydrogens (tertiary/aromatic N) is 4. The highest BCUT2D eigenvalue weighted by Gasteiger charge is 2.69. The summed E-state index contributed by atoms with van der Waals surface area (Å²) < 4.78 is 0. The second-order valence-electron chi connectivity index (χ2n) is 53.2. The first-order valence-corrected chi connectivity index (χ1v) is 63.0. The number of carbonyl (C=O) groups is 2. The molecule has 0 bridgehead atoms. The zero-order valence-corrected chi connectivity index (χ0v) is 89.2. The molecule has 0 amide bonds. The first-order valence-electron chi connectivity index (χ1n) is 63.0. The van der Waals surface area contributed by atoms with E-state index in [9.17, 15) is 0 Å². The number of rotatable bonds is 46. The molecular formula is C126H222N4O2. The van der Waals surface area contributed by atoms with Gasteiger partial charge in [0.2, 0.25) is 0 Å². The van der Waals surface area contributed by atoms with Gasteiger partial charge in [0.25, 0.3) is 0 Å². The number of Topliss-reactive ketones (excluding diaryl/α,β-unsaturated/α-hetero) is 2. The van der Waals surface area contributed by atoms with Crippen LogP contribution in [-0.4, -0.2) is 104 Å². The van der Waals surface area contributed by atoms with E-state index in [0.717, 1.165) is 166 Å². The van der Waals surface area contributed by atoms with Gasteiger partial charge in [-0.2, -0.15) is 0 Å². The molecule has 16 aliphatic carbocycles. The molecule has 0 saturated heterocycles. The minimum atomic E-state index is 0.315. The predicted octanol–water partition coefficient (Wildman–Crippen LogP) is 35.7. The Morgan fingerprint density at radius 3 is 0.652 bits per heavy atom. The fraction of sp³-hybridized carbons (Fsp3) is 0.984. The summed E-state index contributed by atoms with van der Waals surface area (Å²) in [4.78, 5) is 46.1. The third-order valence-corrected chi connectivity index (χ3v) is 44.8. The molecule has 0 spiro atoms. The van der Waals surface area contributed by atoms with Crippen LogP contribution in [0.5, 0.6) is 0 Å². The van der Waals surface area contributed by atoms with Gasteiger partial charge in [-0.05, 0) is 415 Å². The Labute approximate surface area is 820 Å².